The Morgan fingerprint density at radius 1 is 0.323 bits per heavy atom. The molecule has 16 rings (SSSR count). The maximum atomic E-state index is 15.6. The number of pyridine rings is 4. The molecule has 0 saturated heterocycles. The number of benzene rings is 10. The highest BCUT2D eigenvalue weighted by molar-refractivity contribution is 6.14. The van der Waals surface area contributed by atoms with E-state index in [4.69, 9.17) is 26.5 Å². The van der Waals surface area contributed by atoms with Gasteiger partial charge >= 0.3 is 6.18 Å². The molecule has 0 bridgehead atoms. The minimum absolute atomic E-state index is 0.0534. The fourth-order valence-electron chi connectivity index (χ4n) is 13.1. The van der Waals surface area contributed by atoms with Crippen molar-refractivity contribution in [2.75, 3.05) is 0 Å². The summed E-state index contributed by atoms with van der Waals surface area (Å²) in [5.74, 6) is 0. The molecular formula is C83H52F3N7. The number of aryl methyl sites for hydroxylation is 1. The van der Waals surface area contributed by atoms with Crippen molar-refractivity contribution in [3.63, 3.8) is 0 Å². The van der Waals surface area contributed by atoms with Crippen LogP contribution in [0.25, 0.3) is 160 Å². The summed E-state index contributed by atoms with van der Waals surface area (Å²) in [4.78, 5) is 23.8. The summed E-state index contributed by atoms with van der Waals surface area (Å²) in [5, 5.41) is 3.63. The van der Waals surface area contributed by atoms with E-state index in [1.165, 1.54) is 6.07 Å². The van der Waals surface area contributed by atoms with Gasteiger partial charge in [-0.2, -0.15) is 13.2 Å². The van der Waals surface area contributed by atoms with Gasteiger partial charge in [0.05, 0.1) is 68.4 Å². The highest BCUT2D eigenvalue weighted by Gasteiger charge is 2.35. The van der Waals surface area contributed by atoms with Crippen molar-refractivity contribution in [1.29, 1.82) is 0 Å². The Hall–Kier alpha value is -12.3. The number of nitrogens with zero attached hydrogens (tertiary/aromatic N) is 7. The second kappa shape index (κ2) is 22.9. The van der Waals surface area contributed by atoms with E-state index in [2.05, 4.69) is 111 Å². The zero-order valence-corrected chi connectivity index (χ0v) is 50.1. The lowest BCUT2D eigenvalue weighted by atomic mass is 9.92. The predicted molar refractivity (Wildman–Crippen MR) is 371 cm³/mol. The molecule has 0 radical (unpaired) electrons. The summed E-state index contributed by atoms with van der Waals surface area (Å²) in [6.45, 7) is 10.6. The van der Waals surface area contributed by atoms with Crippen molar-refractivity contribution in [3.8, 4) is 112 Å². The number of hydrogen-bond acceptors (Lipinski definition) is 4. The van der Waals surface area contributed by atoms with Crippen LogP contribution in [0.5, 0.6) is 0 Å². The van der Waals surface area contributed by atoms with E-state index >= 15 is 13.2 Å². The van der Waals surface area contributed by atoms with Crippen LogP contribution in [0.15, 0.2) is 298 Å². The normalized spacial score (nSPS) is 11.6. The van der Waals surface area contributed by atoms with Gasteiger partial charge in [0.15, 0.2) is 5.69 Å². The predicted octanol–water partition coefficient (Wildman–Crippen LogP) is 22.3. The van der Waals surface area contributed by atoms with Gasteiger partial charge in [-0.25, -0.2) is 4.85 Å². The molecule has 6 aromatic heterocycles. The summed E-state index contributed by atoms with van der Waals surface area (Å²) in [6, 6.07) is 90.0. The molecule has 0 aliphatic heterocycles. The van der Waals surface area contributed by atoms with Gasteiger partial charge in [-0.15, -0.1) is 0 Å². The van der Waals surface area contributed by atoms with E-state index in [1.54, 1.807) is 25.1 Å². The van der Waals surface area contributed by atoms with Crippen LogP contribution in [-0.4, -0.2) is 29.1 Å². The first kappa shape index (κ1) is 56.0. The van der Waals surface area contributed by atoms with Gasteiger partial charge in [-0.3, -0.25) is 19.9 Å². The maximum Gasteiger partial charge on any atom is 0.416 e. The van der Waals surface area contributed by atoms with E-state index in [0.29, 0.717) is 16.9 Å². The van der Waals surface area contributed by atoms with Crippen molar-refractivity contribution in [2.24, 2.45) is 0 Å². The molecular weight excluding hydrogens is 1150 g/mol. The number of fused-ring (bicyclic) bond motifs is 6. The molecule has 16 aromatic rings. The fourth-order valence-corrected chi connectivity index (χ4v) is 13.1. The molecule has 0 fully saturated rings. The molecule has 0 unspecified atom stereocenters. The molecule has 0 aliphatic carbocycles. The third kappa shape index (κ3) is 10.1. The highest BCUT2D eigenvalue weighted by Crippen LogP contribution is 2.49. The quantitative estimate of drug-likeness (QED) is 0.121. The van der Waals surface area contributed by atoms with Crippen molar-refractivity contribution >= 4 is 49.3 Å². The van der Waals surface area contributed by atoms with Crippen molar-refractivity contribution in [1.82, 2.24) is 29.1 Å². The number of hydrogen-bond donors (Lipinski definition) is 0. The highest BCUT2D eigenvalue weighted by atomic mass is 19.4. The molecule has 93 heavy (non-hydrogen) atoms. The van der Waals surface area contributed by atoms with E-state index in [9.17, 15) is 0 Å². The Kier molecular flexibility index (Phi) is 13.8. The van der Waals surface area contributed by atoms with Crippen molar-refractivity contribution in [2.45, 2.75) is 13.1 Å². The van der Waals surface area contributed by atoms with Crippen LogP contribution < -0.4 is 0 Å². The zero-order chi connectivity index (χ0) is 62.7. The second-order valence-electron chi connectivity index (χ2n) is 23.3. The fraction of sp³-hybridized carbons (Fsp3) is 0.0241. The molecule has 0 saturated carbocycles. The van der Waals surface area contributed by atoms with Crippen LogP contribution in [0, 0.1) is 13.5 Å². The lowest BCUT2D eigenvalue weighted by molar-refractivity contribution is -0.137. The van der Waals surface area contributed by atoms with E-state index in [1.807, 2.05) is 170 Å². The van der Waals surface area contributed by atoms with Crippen LogP contribution in [0.3, 0.4) is 0 Å². The van der Waals surface area contributed by atoms with Gasteiger partial charge in [-0.05, 0) is 137 Å². The minimum Gasteiger partial charge on any atom is -0.308 e. The molecule has 0 aliphatic rings. The first-order valence-electron chi connectivity index (χ1n) is 30.6. The molecule has 6 heterocycles. The van der Waals surface area contributed by atoms with Gasteiger partial charge in [-0.1, -0.05) is 182 Å². The first-order chi connectivity index (χ1) is 45.6. The molecule has 10 aromatic carbocycles. The topological polar surface area (TPSA) is 65.8 Å². The van der Waals surface area contributed by atoms with Crippen LogP contribution in [-0.2, 0) is 6.18 Å². The largest absolute Gasteiger partial charge is 0.416 e. The Balaban J connectivity index is 0.958. The molecule has 10 heteroatoms. The minimum atomic E-state index is -4.74. The standard InChI is InChI=1S/C83H52F3N7/c1-52-16-15-25-70(83(84,85)86)82(52)69-46-80(92-76-38-30-57(61-26-34-71(88-48-61)53-17-7-3-8-18-53)42-65(76)66-43-58(31-39-77(66)92)62-27-35-72(89-49-62)54-19-9-4-10-20-54)81(47-75(69)87-2)93-78-40-32-59(63-28-36-73(90-50-63)55-21-11-5-12-22-55)44-67(78)68-45-60(33-41-79(68)93)64-29-37-74(91-51-64)56-23-13-6-14-24-56/h3-51H,1H3. The Morgan fingerprint density at radius 2 is 0.634 bits per heavy atom. The average molecular weight is 1200 g/mol. The van der Waals surface area contributed by atoms with E-state index < -0.39 is 11.7 Å². The van der Waals surface area contributed by atoms with Crippen LogP contribution >= 0.6 is 0 Å². The lowest BCUT2D eigenvalue weighted by Crippen LogP contribution is -2.09. The third-order valence-electron chi connectivity index (χ3n) is 17.7. The number of halogens is 3. The second-order valence-corrected chi connectivity index (χ2v) is 23.3. The summed E-state index contributed by atoms with van der Waals surface area (Å²) >= 11 is 0. The summed E-state index contributed by atoms with van der Waals surface area (Å²) in [6.07, 6.45) is 2.86. The van der Waals surface area contributed by atoms with E-state index in [0.717, 1.165) is 139 Å². The third-order valence-corrected chi connectivity index (χ3v) is 17.7. The van der Waals surface area contributed by atoms with Gasteiger partial charge < -0.3 is 9.13 Å². The summed E-state index contributed by atoms with van der Waals surface area (Å²) in [7, 11) is 0. The SMILES string of the molecule is [C-]#[N+]c1cc(-n2c3ccc(-c4ccc(-c5ccccc5)nc4)cc3c3cc(-c4ccc(-c5ccccc5)nc4)ccc32)c(-n2c3ccc(-c4ccc(-c5ccccc5)nc4)cc3c3cc(-c4ccc(-c5ccccc5)nc4)ccc32)cc1-c1c(C)cccc1C(F)(F)F. The van der Waals surface area contributed by atoms with Crippen LogP contribution in [0.2, 0.25) is 0 Å². The molecule has 0 spiro atoms. The molecule has 0 amide bonds. The average Bonchev–Trinajstić information content (AvgIpc) is 1.59. The van der Waals surface area contributed by atoms with Gasteiger partial charge in [0, 0.05) is 90.8 Å². The van der Waals surface area contributed by atoms with Crippen LogP contribution in [0.4, 0.5) is 18.9 Å². The van der Waals surface area contributed by atoms with Gasteiger partial charge in [0.1, 0.15) is 0 Å². The zero-order valence-electron chi connectivity index (χ0n) is 50.1. The number of aromatic nitrogens is 6. The molecule has 0 atom stereocenters. The molecule has 0 N–H and O–H groups in total. The summed E-state index contributed by atoms with van der Waals surface area (Å²) in [5.41, 5.74) is 19.0. The van der Waals surface area contributed by atoms with Crippen molar-refractivity contribution < 1.29 is 13.2 Å². The number of rotatable bonds is 11. The molecule has 440 valence electrons. The lowest BCUT2D eigenvalue weighted by Gasteiger charge is -2.22. The van der Waals surface area contributed by atoms with Gasteiger partial charge in [0.25, 0.3) is 0 Å². The Morgan fingerprint density at radius 3 is 0.925 bits per heavy atom. The summed E-state index contributed by atoms with van der Waals surface area (Å²) < 4.78 is 51.0. The smallest absolute Gasteiger partial charge is 0.308 e. The van der Waals surface area contributed by atoms with Crippen LogP contribution in [0.1, 0.15) is 11.1 Å². The molecule has 7 nitrogen and oxygen atoms in total. The first-order valence-corrected chi connectivity index (χ1v) is 30.6. The monoisotopic (exact) mass is 1200 g/mol. The maximum absolute atomic E-state index is 15.6. The Bertz CT molecular complexity index is 5290. The van der Waals surface area contributed by atoms with Gasteiger partial charge in [0.2, 0.25) is 0 Å². The number of alkyl halides is 3. The Labute approximate surface area is 534 Å². The van der Waals surface area contributed by atoms with E-state index in [-0.39, 0.29) is 16.8 Å². The van der Waals surface area contributed by atoms with Crippen molar-refractivity contribution in [3.05, 3.63) is 320 Å².